The first-order chi connectivity index (χ1) is 13.8. The van der Waals surface area contributed by atoms with Crippen LogP contribution in [0.25, 0.3) is 0 Å². The number of likely N-dealkylation sites (tertiary alicyclic amines) is 1. The van der Waals surface area contributed by atoms with Crippen LogP contribution in [0.2, 0.25) is 10.0 Å². The van der Waals surface area contributed by atoms with Crippen LogP contribution >= 0.6 is 23.2 Å². The molecule has 154 valence electrons. The van der Waals surface area contributed by atoms with Crippen molar-refractivity contribution in [3.63, 3.8) is 0 Å². The molecule has 0 spiro atoms. The Balaban J connectivity index is 1.78. The number of hydrogen-bond donors (Lipinski definition) is 1. The standard InChI is InChI=1S/C21H21Cl2FN2O3/c22-15-3-1-4-16(10-15)29-13-21(11-19(25)27)7-2-8-26(12-21)20(28)14-5-6-18(24)17(23)9-14/h1,3-6,9-10H,2,7-8,11-13H2,(H2,25,27). The molecule has 3 rings (SSSR count). The number of amides is 2. The Morgan fingerprint density at radius 2 is 2.00 bits per heavy atom. The van der Waals surface area contributed by atoms with E-state index in [1.165, 1.54) is 18.2 Å². The van der Waals surface area contributed by atoms with Crippen molar-refractivity contribution in [2.75, 3.05) is 19.7 Å². The van der Waals surface area contributed by atoms with Crippen LogP contribution in [0.3, 0.4) is 0 Å². The molecule has 0 saturated carbocycles. The Labute approximate surface area is 178 Å². The second kappa shape index (κ2) is 9.01. The van der Waals surface area contributed by atoms with E-state index in [1.54, 1.807) is 29.2 Å². The van der Waals surface area contributed by atoms with Crippen molar-refractivity contribution in [1.82, 2.24) is 4.90 Å². The van der Waals surface area contributed by atoms with Crippen LogP contribution in [0, 0.1) is 11.2 Å². The van der Waals surface area contributed by atoms with Gasteiger partial charge in [-0.3, -0.25) is 9.59 Å². The van der Waals surface area contributed by atoms with Gasteiger partial charge in [-0.1, -0.05) is 29.3 Å². The van der Waals surface area contributed by atoms with Gasteiger partial charge in [0.25, 0.3) is 5.91 Å². The number of hydrogen-bond acceptors (Lipinski definition) is 3. The molecule has 29 heavy (non-hydrogen) atoms. The lowest BCUT2D eigenvalue weighted by Crippen LogP contribution is -2.50. The minimum Gasteiger partial charge on any atom is -0.493 e. The maximum Gasteiger partial charge on any atom is 0.253 e. The number of benzene rings is 2. The van der Waals surface area contributed by atoms with Crippen molar-refractivity contribution in [2.24, 2.45) is 11.1 Å². The van der Waals surface area contributed by atoms with E-state index in [0.717, 1.165) is 0 Å². The van der Waals surface area contributed by atoms with E-state index < -0.39 is 17.1 Å². The number of nitrogens with zero attached hydrogens (tertiary/aromatic N) is 1. The van der Waals surface area contributed by atoms with Gasteiger partial charge in [-0.15, -0.1) is 0 Å². The lowest BCUT2D eigenvalue weighted by atomic mass is 9.77. The molecule has 5 nitrogen and oxygen atoms in total. The molecule has 0 bridgehead atoms. The normalized spacial score (nSPS) is 19.1. The predicted octanol–water partition coefficient (Wildman–Crippen LogP) is 4.31. The zero-order valence-corrected chi connectivity index (χ0v) is 17.2. The molecule has 2 N–H and O–H groups in total. The third-order valence-electron chi connectivity index (χ3n) is 5.01. The van der Waals surface area contributed by atoms with E-state index in [2.05, 4.69) is 0 Å². The average Bonchev–Trinajstić information content (AvgIpc) is 2.68. The van der Waals surface area contributed by atoms with Crippen LogP contribution in [0.4, 0.5) is 4.39 Å². The topological polar surface area (TPSA) is 72.6 Å². The van der Waals surface area contributed by atoms with Crippen LogP contribution < -0.4 is 10.5 Å². The zero-order chi connectivity index (χ0) is 21.0. The monoisotopic (exact) mass is 438 g/mol. The molecule has 1 heterocycles. The Kier molecular flexibility index (Phi) is 6.65. The Morgan fingerprint density at radius 3 is 2.69 bits per heavy atom. The molecule has 1 atom stereocenters. The molecule has 0 radical (unpaired) electrons. The molecule has 1 aliphatic rings. The number of primary amides is 1. The van der Waals surface area contributed by atoms with Crippen molar-refractivity contribution in [3.8, 4) is 5.75 Å². The van der Waals surface area contributed by atoms with Gasteiger partial charge < -0.3 is 15.4 Å². The number of rotatable bonds is 6. The van der Waals surface area contributed by atoms with E-state index in [0.29, 0.717) is 42.3 Å². The number of halogens is 3. The van der Waals surface area contributed by atoms with Crippen LogP contribution in [0.1, 0.15) is 29.6 Å². The van der Waals surface area contributed by atoms with Gasteiger partial charge in [0.05, 0.1) is 11.6 Å². The van der Waals surface area contributed by atoms with Gasteiger partial charge in [-0.05, 0) is 49.2 Å². The highest BCUT2D eigenvalue weighted by Gasteiger charge is 2.39. The number of ether oxygens (including phenoxy) is 1. The highest BCUT2D eigenvalue weighted by atomic mass is 35.5. The molecule has 2 aromatic rings. The lowest BCUT2D eigenvalue weighted by molar-refractivity contribution is -0.122. The van der Waals surface area contributed by atoms with Gasteiger partial charge in [-0.25, -0.2) is 4.39 Å². The first kappa shape index (κ1) is 21.4. The molecule has 1 unspecified atom stereocenters. The van der Waals surface area contributed by atoms with Gasteiger partial charge in [0.15, 0.2) is 0 Å². The number of piperidine rings is 1. The molecule has 1 saturated heterocycles. The first-order valence-corrected chi connectivity index (χ1v) is 9.95. The van der Waals surface area contributed by atoms with E-state index in [-0.39, 0.29) is 24.0 Å². The van der Waals surface area contributed by atoms with E-state index in [1.807, 2.05) is 0 Å². The molecule has 1 fully saturated rings. The number of nitrogens with two attached hydrogens (primary N) is 1. The largest absolute Gasteiger partial charge is 0.493 e. The molecule has 0 aliphatic carbocycles. The quantitative estimate of drug-likeness (QED) is 0.729. The molecule has 1 aliphatic heterocycles. The summed E-state index contributed by atoms with van der Waals surface area (Å²) < 4.78 is 19.3. The summed E-state index contributed by atoms with van der Waals surface area (Å²) in [5.74, 6) is -0.739. The summed E-state index contributed by atoms with van der Waals surface area (Å²) in [7, 11) is 0. The summed E-state index contributed by atoms with van der Waals surface area (Å²) in [6.45, 7) is 1.03. The third kappa shape index (κ3) is 5.40. The Morgan fingerprint density at radius 1 is 1.21 bits per heavy atom. The molecule has 2 aromatic carbocycles. The van der Waals surface area contributed by atoms with Gasteiger partial charge in [-0.2, -0.15) is 0 Å². The lowest BCUT2D eigenvalue weighted by Gasteiger charge is -2.42. The maximum absolute atomic E-state index is 13.4. The Hall–Kier alpha value is -2.31. The van der Waals surface area contributed by atoms with Crippen molar-refractivity contribution in [3.05, 3.63) is 63.9 Å². The van der Waals surface area contributed by atoms with Crippen LogP contribution in [-0.2, 0) is 4.79 Å². The number of carbonyl (C=O) groups excluding carboxylic acids is 2. The van der Waals surface area contributed by atoms with Crippen LogP contribution in [0.5, 0.6) is 5.75 Å². The van der Waals surface area contributed by atoms with Crippen molar-refractivity contribution in [2.45, 2.75) is 19.3 Å². The fraction of sp³-hybridized carbons (Fsp3) is 0.333. The third-order valence-corrected chi connectivity index (χ3v) is 5.53. The summed E-state index contributed by atoms with van der Waals surface area (Å²) in [6, 6.07) is 10.8. The summed E-state index contributed by atoms with van der Waals surface area (Å²) in [5.41, 5.74) is 5.17. The SMILES string of the molecule is NC(=O)CC1(COc2cccc(Cl)c2)CCCN(C(=O)c2ccc(F)c(Cl)c2)C1. The zero-order valence-electron chi connectivity index (χ0n) is 15.7. The minimum absolute atomic E-state index is 0.0848. The smallest absolute Gasteiger partial charge is 0.253 e. The summed E-state index contributed by atoms with van der Waals surface area (Å²) in [4.78, 5) is 26.3. The fourth-order valence-electron chi connectivity index (χ4n) is 3.67. The summed E-state index contributed by atoms with van der Waals surface area (Å²) in [6.07, 6.45) is 1.46. The highest BCUT2D eigenvalue weighted by Crippen LogP contribution is 2.35. The van der Waals surface area contributed by atoms with E-state index >= 15 is 0 Å². The van der Waals surface area contributed by atoms with Crippen LogP contribution in [-0.4, -0.2) is 36.4 Å². The fourth-order valence-corrected chi connectivity index (χ4v) is 4.03. The summed E-state index contributed by atoms with van der Waals surface area (Å²) >= 11 is 11.8. The minimum atomic E-state index is -0.619. The predicted molar refractivity (Wildman–Crippen MR) is 110 cm³/mol. The van der Waals surface area contributed by atoms with Crippen molar-refractivity contribution >= 4 is 35.0 Å². The second-order valence-electron chi connectivity index (χ2n) is 7.35. The number of carbonyl (C=O) groups is 2. The molecule has 8 heteroatoms. The molecule has 2 amide bonds. The molecule has 0 aromatic heterocycles. The van der Waals surface area contributed by atoms with E-state index in [4.69, 9.17) is 33.7 Å². The molecular formula is C21H21Cl2FN2O3. The van der Waals surface area contributed by atoms with Gasteiger partial charge in [0.2, 0.25) is 5.91 Å². The second-order valence-corrected chi connectivity index (χ2v) is 8.19. The van der Waals surface area contributed by atoms with Crippen LogP contribution in [0.15, 0.2) is 42.5 Å². The first-order valence-electron chi connectivity index (χ1n) is 9.19. The highest BCUT2D eigenvalue weighted by molar-refractivity contribution is 6.31. The summed E-state index contributed by atoms with van der Waals surface area (Å²) in [5, 5.41) is 0.431. The van der Waals surface area contributed by atoms with Crippen molar-refractivity contribution < 1.29 is 18.7 Å². The van der Waals surface area contributed by atoms with Crippen molar-refractivity contribution in [1.29, 1.82) is 0 Å². The Bertz CT molecular complexity index is 925. The van der Waals surface area contributed by atoms with Gasteiger partial charge >= 0.3 is 0 Å². The van der Waals surface area contributed by atoms with E-state index in [9.17, 15) is 14.0 Å². The van der Waals surface area contributed by atoms with Gasteiger partial charge in [0.1, 0.15) is 11.6 Å². The maximum atomic E-state index is 13.4. The molecular weight excluding hydrogens is 418 g/mol. The average molecular weight is 439 g/mol. The van der Waals surface area contributed by atoms with Gasteiger partial charge in [0, 0.05) is 35.5 Å².